The number of nitrogens with one attached hydrogen (secondary N) is 5. The number of aromatic amines is 2. The molecular weight excluding hydrogens is 522 g/mol. The number of rotatable bonds is 17. The topological polar surface area (TPSA) is 272 Å². The Labute approximate surface area is 231 Å². The van der Waals surface area contributed by atoms with Crippen molar-refractivity contribution in [3.8, 4) is 0 Å². The summed E-state index contributed by atoms with van der Waals surface area (Å²) in [6.45, 7) is 4.05. The Morgan fingerprint density at radius 1 is 0.900 bits per heavy atom. The Morgan fingerprint density at radius 3 is 1.93 bits per heavy atom. The zero-order valence-electron chi connectivity index (χ0n) is 22.6. The Kier molecular flexibility index (Phi) is 12.6. The van der Waals surface area contributed by atoms with E-state index in [1.54, 1.807) is 0 Å². The Hall–Kier alpha value is -4.47. The number of H-pyrrole nitrogens is 2. The number of hydrogen-bond acceptors (Lipinski definition) is 8. The fraction of sp³-hybridized carbons (Fsp3) is 0.542. The van der Waals surface area contributed by atoms with Crippen LogP contribution in [0.5, 0.6) is 0 Å². The molecule has 0 aromatic carbocycles. The van der Waals surface area contributed by atoms with Crippen LogP contribution in [0.2, 0.25) is 0 Å². The minimum absolute atomic E-state index is 0.0184. The summed E-state index contributed by atoms with van der Waals surface area (Å²) in [5.74, 6) is -3.13. The molecule has 16 nitrogen and oxygen atoms in total. The number of hydrogen-bond donors (Lipinski definition) is 9. The summed E-state index contributed by atoms with van der Waals surface area (Å²) >= 11 is 0. The van der Waals surface area contributed by atoms with Crippen LogP contribution in [0.25, 0.3) is 0 Å². The highest BCUT2D eigenvalue weighted by atomic mass is 16.4. The van der Waals surface area contributed by atoms with E-state index < -0.39 is 47.9 Å². The van der Waals surface area contributed by atoms with Crippen LogP contribution in [0.1, 0.15) is 44.5 Å². The van der Waals surface area contributed by atoms with E-state index in [2.05, 4.69) is 40.9 Å². The Morgan fingerprint density at radius 2 is 1.43 bits per heavy atom. The van der Waals surface area contributed by atoms with Crippen molar-refractivity contribution in [2.75, 3.05) is 6.54 Å². The summed E-state index contributed by atoms with van der Waals surface area (Å²) in [7, 11) is 0. The zero-order valence-corrected chi connectivity index (χ0v) is 22.6. The Balaban J connectivity index is 2.20. The highest BCUT2D eigenvalue weighted by Gasteiger charge is 2.31. The van der Waals surface area contributed by atoms with E-state index in [1.807, 2.05) is 13.8 Å². The standard InChI is InChI=1S/C24H39N11O5/c1-13(2)6-16(25)20(36)33-17(4-3-5-30-24(26)27)21(37)34-18(7-14-9-28-11-31-14)22(38)35-19(23(39)40)8-15-10-29-12-32-15/h9-13,16-19H,3-8,25H2,1-2H3,(H,28,31)(H,29,32)(H,33,36)(H,34,37)(H,35,38)(H,39,40)(H4,26,27,30). The smallest absolute Gasteiger partial charge is 0.326 e. The van der Waals surface area contributed by atoms with E-state index in [9.17, 15) is 24.3 Å². The first-order valence-corrected chi connectivity index (χ1v) is 12.9. The summed E-state index contributed by atoms with van der Waals surface area (Å²) in [6, 6.07) is -4.38. The quantitative estimate of drug-likeness (QED) is 0.0575. The molecule has 2 rings (SSSR count). The van der Waals surface area contributed by atoms with Gasteiger partial charge in [0.2, 0.25) is 17.7 Å². The molecule has 3 amide bonds. The van der Waals surface area contributed by atoms with E-state index >= 15 is 0 Å². The number of carboxylic acid groups (broad SMARTS) is 1. The third-order valence-corrected chi connectivity index (χ3v) is 5.85. The minimum Gasteiger partial charge on any atom is -0.480 e. The molecule has 0 saturated carbocycles. The molecule has 0 spiro atoms. The molecule has 0 aliphatic carbocycles. The van der Waals surface area contributed by atoms with Crippen LogP contribution in [-0.4, -0.2) is 85.4 Å². The second-order valence-electron chi connectivity index (χ2n) is 9.77. The first-order chi connectivity index (χ1) is 19.0. The minimum atomic E-state index is -1.29. The first kappa shape index (κ1) is 31.7. The van der Waals surface area contributed by atoms with Crippen LogP contribution in [0, 0.1) is 5.92 Å². The predicted molar refractivity (Wildman–Crippen MR) is 145 cm³/mol. The van der Waals surface area contributed by atoms with Gasteiger partial charge in [0.15, 0.2) is 5.96 Å². The van der Waals surface area contributed by atoms with E-state index in [1.165, 1.54) is 25.0 Å². The Bertz CT molecular complexity index is 1110. The van der Waals surface area contributed by atoms with Crippen LogP contribution >= 0.6 is 0 Å². The van der Waals surface area contributed by atoms with Crippen molar-refractivity contribution in [1.29, 1.82) is 0 Å². The van der Waals surface area contributed by atoms with Gasteiger partial charge in [-0.3, -0.25) is 19.4 Å². The van der Waals surface area contributed by atoms with E-state index in [0.717, 1.165) is 0 Å². The van der Waals surface area contributed by atoms with Gasteiger partial charge in [-0.1, -0.05) is 13.8 Å². The van der Waals surface area contributed by atoms with E-state index in [0.29, 0.717) is 24.2 Å². The number of aliphatic carboxylic acids is 1. The number of aromatic nitrogens is 4. The molecule has 0 radical (unpaired) electrons. The molecular formula is C24H39N11O5. The van der Waals surface area contributed by atoms with E-state index in [4.69, 9.17) is 17.2 Å². The fourth-order valence-electron chi connectivity index (χ4n) is 3.85. The van der Waals surface area contributed by atoms with Crippen LogP contribution in [0.15, 0.2) is 30.0 Å². The van der Waals surface area contributed by atoms with Gasteiger partial charge in [-0.2, -0.15) is 0 Å². The van der Waals surface area contributed by atoms with Crippen LogP contribution in [0.4, 0.5) is 0 Å². The maximum Gasteiger partial charge on any atom is 0.326 e. The second-order valence-corrected chi connectivity index (χ2v) is 9.77. The van der Waals surface area contributed by atoms with E-state index in [-0.39, 0.29) is 37.7 Å². The first-order valence-electron chi connectivity index (χ1n) is 12.9. The van der Waals surface area contributed by atoms with Gasteiger partial charge >= 0.3 is 5.97 Å². The second kappa shape index (κ2) is 15.8. The van der Waals surface area contributed by atoms with Crippen molar-refractivity contribution in [3.05, 3.63) is 36.4 Å². The molecule has 220 valence electrons. The highest BCUT2D eigenvalue weighted by molar-refractivity contribution is 5.94. The number of amides is 3. The normalized spacial score (nSPS) is 14.0. The largest absolute Gasteiger partial charge is 0.480 e. The summed E-state index contributed by atoms with van der Waals surface area (Å²) in [5.41, 5.74) is 17.8. The van der Waals surface area contributed by atoms with Crippen molar-refractivity contribution >= 4 is 29.7 Å². The van der Waals surface area contributed by atoms with Gasteiger partial charge in [0, 0.05) is 43.2 Å². The van der Waals surface area contributed by atoms with Gasteiger partial charge in [-0.15, -0.1) is 0 Å². The lowest BCUT2D eigenvalue weighted by Gasteiger charge is -2.25. The highest BCUT2D eigenvalue weighted by Crippen LogP contribution is 2.07. The summed E-state index contributed by atoms with van der Waals surface area (Å²) in [6.07, 6.45) is 6.57. The molecule has 2 aromatic rings. The van der Waals surface area contributed by atoms with Crippen molar-refractivity contribution in [3.63, 3.8) is 0 Å². The lowest BCUT2D eigenvalue weighted by molar-refractivity contribution is -0.142. The number of carbonyl (C=O) groups is 4. The van der Waals surface area contributed by atoms with Crippen molar-refractivity contribution < 1.29 is 24.3 Å². The van der Waals surface area contributed by atoms with Crippen LogP contribution in [0.3, 0.4) is 0 Å². The van der Waals surface area contributed by atoms with Gasteiger partial charge in [0.25, 0.3) is 0 Å². The molecule has 0 saturated heterocycles. The maximum atomic E-state index is 13.4. The maximum absolute atomic E-state index is 13.4. The lowest BCUT2D eigenvalue weighted by atomic mass is 10.0. The van der Waals surface area contributed by atoms with Crippen LogP contribution in [-0.2, 0) is 32.0 Å². The summed E-state index contributed by atoms with van der Waals surface area (Å²) in [4.78, 5) is 68.5. The SMILES string of the molecule is CC(C)CC(N)C(=O)NC(CCCN=C(N)N)C(=O)NC(Cc1cnc[nH]1)C(=O)NC(Cc1cnc[nH]1)C(=O)O. The molecule has 4 atom stereocenters. The van der Waals surface area contributed by atoms with Gasteiger partial charge in [0.1, 0.15) is 18.1 Å². The molecule has 0 aliphatic rings. The third kappa shape index (κ3) is 11.1. The van der Waals surface area contributed by atoms with Crippen molar-refractivity contribution in [2.24, 2.45) is 28.1 Å². The van der Waals surface area contributed by atoms with Gasteiger partial charge in [-0.05, 0) is 25.2 Å². The molecule has 0 bridgehead atoms. The van der Waals surface area contributed by atoms with Gasteiger partial charge in [-0.25, -0.2) is 14.8 Å². The monoisotopic (exact) mass is 561 g/mol. The number of carbonyl (C=O) groups excluding carboxylic acids is 3. The summed E-state index contributed by atoms with van der Waals surface area (Å²) in [5, 5.41) is 17.4. The molecule has 16 heteroatoms. The molecule has 2 aromatic heterocycles. The number of imidazole rings is 2. The zero-order chi connectivity index (χ0) is 29.7. The van der Waals surface area contributed by atoms with Gasteiger partial charge < -0.3 is 48.2 Å². The average molecular weight is 562 g/mol. The fourth-order valence-corrected chi connectivity index (χ4v) is 3.85. The van der Waals surface area contributed by atoms with Crippen molar-refractivity contribution in [1.82, 2.24) is 35.9 Å². The molecule has 0 aliphatic heterocycles. The molecule has 2 heterocycles. The van der Waals surface area contributed by atoms with Crippen LogP contribution < -0.4 is 33.2 Å². The lowest BCUT2D eigenvalue weighted by Crippen LogP contribution is -2.58. The number of carboxylic acids is 1. The molecule has 40 heavy (non-hydrogen) atoms. The predicted octanol–water partition coefficient (Wildman–Crippen LogP) is -2.12. The average Bonchev–Trinajstić information content (AvgIpc) is 3.58. The van der Waals surface area contributed by atoms with Gasteiger partial charge in [0.05, 0.1) is 18.7 Å². The molecule has 0 fully saturated rings. The number of aliphatic imine (C=N–C) groups is 1. The number of guanidine groups is 1. The van der Waals surface area contributed by atoms with Crippen molar-refractivity contribution in [2.45, 2.75) is 70.1 Å². The summed E-state index contributed by atoms with van der Waals surface area (Å²) < 4.78 is 0. The molecule has 12 N–H and O–H groups in total. The third-order valence-electron chi connectivity index (χ3n) is 5.85. The number of nitrogens with two attached hydrogens (primary N) is 3. The molecule has 4 unspecified atom stereocenters. The number of nitrogens with zero attached hydrogens (tertiary/aromatic N) is 3.